The fourth-order valence-corrected chi connectivity index (χ4v) is 4.52. The highest BCUT2D eigenvalue weighted by atomic mass is 31.2. The van der Waals surface area contributed by atoms with Gasteiger partial charge in [0.15, 0.2) is 0 Å². The van der Waals surface area contributed by atoms with Gasteiger partial charge in [-0.25, -0.2) is 9.97 Å². The van der Waals surface area contributed by atoms with Gasteiger partial charge in [-0.2, -0.15) is 4.98 Å². The van der Waals surface area contributed by atoms with Crippen molar-refractivity contribution in [1.82, 2.24) is 20.3 Å². The first kappa shape index (κ1) is 22.4. The second-order valence-electron chi connectivity index (χ2n) is 8.91. The molecule has 9 heteroatoms. The number of pyridine rings is 1. The smallest absolute Gasteiger partial charge is 0.229 e. The van der Waals surface area contributed by atoms with Gasteiger partial charge >= 0.3 is 0 Å². The second-order valence-corrected chi connectivity index (χ2v) is 12.1. The van der Waals surface area contributed by atoms with E-state index in [9.17, 15) is 9.67 Å². The van der Waals surface area contributed by atoms with E-state index in [0.717, 1.165) is 25.2 Å². The molecule has 8 nitrogen and oxygen atoms in total. The summed E-state index contributed by atoms with van der Waals surface area (Å²) < 4.78 is 12.9. The van der Waals surface area contributed by atoms with Crippen molar-refractivity contribution < 1.29 is 9.67 Å². The summed E-state index contributed by atoms with van der Waals surface area (Å²) in [6, 6.07) is 11.6. The van der Waals surface area contributed by atoms with Crippen LogP contribution in [0.2, 0.25) is 0 Å². The molecule has 4 rings (SSSR count). The lowest BCUT2D eigenvalue weighted by Crippen LogP contribution is -2.23. The van der Waals surface area contributed by atoms with Crippen LogP contribution in [-0.2, 0) is 23.1 Å². The fraction of sp³-hybridized carbons (Fsp3) is 0.348. The Kier molecular flexibility index (Phi) is 6.03. The summed E-state index contributed by atoms with van der Waals surface area (Å²) in [7, 11) is -2.65. The first-order chi connectivity index (χ1) is 15.1. The molecule has 0 saturated heterocycles. The van der Waals surface area contributed by atoms with E-state index >= 15 is 0 Å². The minimum atomic E-state index is -2.65. The van der Waals surface area contributed by atoms with Crippen molar-refractivity contribution in [3.8, 4) is 0 Å². The molecule has 4 N–H and O–H groups in total. The zero-order valence-corrected chi connectivity index (χ0v) is 19.7. The van der Waals surface area contributed by atoms with Gasteiger partial charge in [0, 0.05) is 18.4 Å². The standard InChI is InChI=1S/C23H29N6O2P/c1-23(2,30)19-6-5-7-20(27-19)28-21-18(32(3,4)31)14-25-22(29-21)26-17-9-8-16-13-24-11-10-15(16)12-17/h5-9,12,14,24,30H,10-11,13H2,1-4H3,(H2,25,26,27,28,29). The third-order valence-electron chi connectivity index (χ3n) is 5.32. The number of anilines is 4. The summed E-state index contributed by atoms with van der Waals surface area (Å²) in [5.41, 5.74) is 2.96. The van der Waals surface area contributed by atoms with E-state index in [-0.39, 0.29) is 0 Å². The van der Waals surface area contributed by atoms with Gasteiger partial charge in [-0.05, 0) is 75.5 Å². The van der Waals surface area contributed by atoms with E-state index in [4.69, 9.17) is 0 Å². The summed E-state index contributed by atoms with van der Waals surface area (Å²) in [5, 5.41) is 20.6. The van der Waals surface area contributed by atoms with Gasteiger partial charge in [0.25, 0.3) is 0 Å². The third kappa shape index (κ3) is 5.15. The molecular weight excluding hydrogens is 423 g/mol. The molecule has 0 saturated carbocycles. The normalized spacial score (nSPS) is 14.0. The molecule has 1 aliphatic rings. The van der Waals surface area contributed by atoms with E-state index in [2.05, 4.69) is 43.0 Å². The number of aromatic nitrogens is 3. The van der Waals surface area contributed by atoms with Crippen LogP contribution in [0.25, 0.3) is 0 Å². The maximum atomic E-state index is 12.9. The van der Waals surface area contributed by atoms with Crippen LogP contribution < -0.4 is 21.3 Å². The maximum Gasteiger partial charge on any atom is 0.229 e. The van der Waals surface area contributed by atoms with Crippen LogP contribution in [0, 0.1) is 0 Å². The summed E-state index contributed by atoms with van der Waals surface area (Å²) in [5.74, 6) is 1.33. The molecule has 0 amide bonds. The SMILES string of the molecule is CC(C)(O)c1cccc(Nc2nc(Nc3ccc4c(c3)CCNC4)ncc2P(C)(C)=O)n1. The Morgan fingerprint density at radius 3 is 2.66 bits per heavy atom. The Labute approximate surface area is 188 Å². The Morgan fingerprint density at radius 2 is 1.91 bits per heavy atom. The van der Waals surface area contributed by atoms with Crippen LogP contribution in [0.3, 0.4) is 0 Å². The van der Waals surface area contributed by atoms with Gasteiger partial charge in [-0.3, -0.25) is 0 Å². The number of nitrogens with one attached hydrogen (secondary N) is 3. The molecule has 168 valence electrons. The van der Waals surface area contributed by atoms with Gasteiger partial charge in [0.2, 0.25) is 5.95 Å². The highest BCUT2D eigenvalue weighted by Gasteiger charge is 2.21. The summed E-state index contributed by atoms with van der Waals surface area (Å²) in [6.45, 7) is 8.57. The molecule has 0 radical (unpaired) electrons. The highest BCUT2D eigenvalue weighted by molar-refractivity contribution is 7.70. The Hall–Kier alpha value is -2.80. The maximum absolute atomic E-state index is 12.9. The van der Waals surface area contributed by atoms with Crippen LogP contribution in [0.1, 0.15) is 30.7 Å². The highest BCUT2D eigenvalue weighted by Crippen LogP contribution is 2.38. The van der Waals surface area contributed by atoms with Gasteiger partial charge in [0.1, 0.15) is 24.4 Å². The zero-order valence-electron chi connectivity index (χ0n) is 18.8. The van der Waals surface area contributed by atoms with E-state index in [1.807, 2.05) is 12.1 Å². The Bertz CT molecular complexity index is 1190. The molecule has 2 aromatic heterocycles. The van der Waals surface area contributed by atoms with Crippen molar-refractivity contribution in [3.05, 3.63) is 59.4 Å². The number of hydrogen-bond acceptors (Lipinski definition) is 8. The molecule has 3 heterocycles. The largest absolute Gasteiger partial charge is 0.384 e. The lowest BCUT2D eigenvalue weighted by atomic mass is 10.0. The topological polar surface area (TPSA) is 112 Å². The van der Waals surface area contributed by atoms with Crippen molar-refractivity contribution in [3.63, 3.8) is 0 Å². The minimum Gasteiger partial charge on any atom is -0.384 e. The fourth-order valence-electron chi connectivity index (χ4n) is 3.57. The molecule has 0 spiro atoms. The van der Waals surface area contributed by atoms with Crippen LogP contribution in [0.15, 0.2) is 42.6 Å². The number of aliphatic hydroxyl groups is 1. The van der Waals surface area contributed by atoms with Crippen molar-refractivity contribution in [1.29, 1.82) is 0 Å². The van der Waals surface area contributed by atoms with Gasteiger partial charge < -0.3 is 25.6 Å². The lowest BCUT2D eigenvalue weighted by Gasteiger charge is -2.19. The Morgan fingerprint density at radius 1 is 1.09 bits per heavy atom. The quantitative estimate of drug-likeness (QED) is 0.421. The third-order valence-corrected chi connectivity index (χ3v) is 6.81. The minimum absolute atomic E-state index is 0.400. The van der Waals surface area contributed by atoms with Crippen LogP contribution in [0.4, 0.5) is 23.3 Å². The predicted octanol–water partition coefficient (Wildman–Crippen LogP) is 3.48. The molecule has 0 bridgehead atoms. The molecule has 1 aromatic carbocycles. The van der Waals surface area contributed by atoms with E-state index in [0.29, 0.717) is 28.6 Å². The molecule has 1 aliphatic heterocycles. The number of hydrogen-bond donors (Lipinski definition) is 4. The van der Waals surface area contributed by atoms with Crippen LogP contribution in [-0.4, -0.2) is 39.9 Å². The molecule has 0 atom stereocenters. The first-order valence-corrected chi connectivity index (χ1v) is 13.2. The van der Waals surface area contributed by atoms with Crippen molar-refractivity contribution in [2.75, 3.05) is 30.5 Å². The molecule has 3 aromatic rings. The van der Waals surface area contributed by atoms with Crippen LogP contribution in [0.5, 0.6) is 0 Å². The van der Waals surface area contributed by atoms with Gasteiger partial charge in [-0.1, -0.05) is 12.1 Å². The van der Waals surface area contributed by atoms with E-state index in [1.54, 1.807) is 45.5 Å². The zero-order chi connectivity index (χ0) is 22.9. The number of nitrogens with zero attached hydrogens (tertiary/aromatic N) is 3. The number of rotatable bonds is 6. The molecule has 0 unspecified atom stereocenters. The van der Waals surface area contributed by atoms with Gasteiger partial charge in [0.05, 0.1) is 11.0 Å². The summed E-state index contributed by atoms with van der Waals surface area (Å²) in [6.07, 6.45) is 2.58. The summed E-state index contributed by atoms with van der Waals surface area (Å²) >= 11 is 0. The lowest BCUT2D eigenvalue weighted by molar-refractivity contribution is 0.0740. The predicted molar refractivity (Wildman–Crippen MR) is 129 cm³/mol. The van der Waals surface area contributed by atoms with Gasteiger partial charge in [-0.15, -0.1) is 0 Å². The average Bonchev–Trinajstić information content (AvgIpc) is 2.72. The van der Waals surface area contributed by atoms with E-state index < -0.39 is 12.7 Å². The Balaban J connectivity index is 1.65. The molecule has 32 heavy (non-hydrogen) atoms. The van der Waals surface area contributed by atoms with Crippen molar-refractivity contribution in [2.24, 2.45) is 0 Å². The first-order valence-electron chi connectivity index (χ1n) is 10.6. The number of fused-ring (bicyclic) bond motifs is 1. The average molecular weight is 452 g/mol. The summed E-state index contributed by atoms with van der Waals surface area (Å²) in [4.78, 5) is 13.5. The van der Waals surface area contributed by atoms with Crippen molar-refractivity contribution >= 4 is 35.7 Å². The monoisotopic (exact) mass is 452 g/mol. The number of benzene rings is 1. The van der Waals surface area contributed by atoms with Crippen molar-refractivity contribution in [2.45, 2.75) is 32.4 Å². The molecular formula is C23H29N6O2P. The van der Waals surface area contributed by atoms with Crippen LogP contribution >= 0.6 is 7.14 Å². The van der Waals surface area contributed by atoms with E-state index in [1.165, 1.54) is 11.1 Å². The molecule has 0 fully saturated rings. The second kappa shape index (κ2) is 8.62. The molecule has 0 aliphatic carbocycles.